The molecule has 2 aliphatic heterocycles. The van der Waals surface area contributed by atoms with Gasteiger partial charge in [0.25, 0.3) is 5.91 Å². The lowest BCUT2D eigenvalue weighted by Crippen LogP contribution is -2.32. The normalized spacial score (nSPS) is 15.5. The predicted molar refractivity (Wildman–Crippen MR) is 160 cm³/mol. The van der Waals surface area contributed by atoms with Gasteiger partial charge in [-0.1, -0.05) is 78.5 Å². The number of hydrazone groups is 1. The lowest BCUT2D eigenvalue weighted by Gasteiger charge is -2.32. The molecule has 1 unspecified atom stereocenters. The van der Waals surface area contributed by atoms with Gasteiger partial charge in [0.2, 0.25) is 0 Å². The van der Waals surface area contributed by atoms with E-state index in [1.165, 1.54) is 5.01 Å². The third-order valence-electron chi connectivity index (χ3n) is 7.20. The Balaban J connectivity index is 1.13. The number of para-hydroxylation sites is 2. The highest BCUT2D eigenvalue weighted by atomic mass is 32.2. The first kappa shape index (κ1) is 26.7. The molecule has 2 aliphatic rings. The SMILES string of the molecule is COc1ccc(C2CC(c3ccccc3)=NN2C(=O)COC(=O)CCN2c3ccccc3Sc3ccccc32)cc1. The van der Waals surface area contributed by atoms with E-state index >= 15 is 0 Å². The van der Waals surface area contributed by atoms with Crippen molar-refractivity contribution in [3.63, 3.8) is 0 Å². The van der Waals surface area contributed by atoms with Crippen molar-refractivity contribution in [3.8, 4) is 5.75 Å². The molecule has 206 valence electrons. The van der Waals surface area contributed by atoms with Crippen LogP contribution in [0, 0.1) is 0 Å². The van der Waals surface area contributed by atoms with Crippen LogP contribution in [0.2, 0.25) is 0 Å². The van der Waals surface area contributed by atoms with Crippen molar-refractivity contribution in [1.29, 1.82) is 0 Å². The number of hydrogen-bond donors (Lipinski definition) is 0. The van der Waals surface area contributed by atoms with Crippen LogP contribution in [0.15, 0.2) is 118 Å². The van der Waals surface area contributed by atoms with Gasteiger partial charge in [0, 0.05) is 22.8 Å². The number of ether oxygens (including phenoxy) is 2. The molecule has 4 aromatic rings. The Morgan fingerprint density at radius 1 is 0.854 bits per heavy atom. The number of carbonyl (C=O) groups is 2. The molecule has 1 amide bonds. The largest absolute Gasteiger partial charge is 0.497 e. The van der Waals surface area contributed by atoms with Crippen LogP contribution in [0.25, 0.3) is 0 Å². The van der Waals surface area contributed by atoms with Gasteiger partial charge < -0.3 is 14.4 Å². The van der Waals surface area contributed by atoms with Crippen LogP contribution in [-0.2, 0) is 14.3 Å². The van der Waals surface area contributed by atoms with Gasteiger partial charge in [-0.05, 0) is 47.5 Å². The molecule has 0 saturated carbocycles. The zero-order chi connectivity index (χ0) is 28.2. The summed E-state index contributed by atoms with van der Waals surface area (Å²) in [6, 6.07) is 33.4. The summed E-state index contributed by atoms with van der Waals surface area (Å²) in [7, 11) is 1.62. The van der Waals surface area contributed by atoms with E-state index < -0.39 is 5.97 Å². The number of nitrogens with zero attached hydrogens (tertiary/aromatic N) is 3. The lowest BCUT2D eigenvalue weighted by molar-refractivity contribution is -0.152. The quantitative estimate of drug-likeness (QED) is 0.225. The van der Waals surface area contributed by atoms with Gasteiger partial charge in [-0.2, -0.15) is 5.10 Å². The molecular weight excluding hydrogens is 534 g/mol. The molecule has 4 aromatic carbocycles. The van der Waals surface area contributed by atoms with E-state index in [9.17, 15) is 9.59 Å². The molecule has 6 rings (SSSR count). The summed E-state index contributed by atoms with van der Waals surface area (Å²) in [5.41, 5.74) is 4.81. The molecule has 0 radical (unpaired) electrons. The number of rotatable bonds is 8. The lowest BCUT2D eigenvalue weighted by atomic mass is 9.98. The van der Waals surface area contributed by atoms with Gasteiger partial charge in [0.1, 0.15) is 5.75 Å². The summed E-state index contributed by atoms with van der Waals surface area (Å²) in [5.74, 6) is -0.0607. The van der Waals surface area contributed by atoms with Crippen LogP contribution in [0.5, 0.6) is 5.75 Å². The Kier molecular flexibility index (Phi) is 7.73. The molecule has 0 bridgehead atoms. The molecule has 1 atom stereocenters. The van der Waals surface area contributed by atoms with Crippen molar-refractivity contribution in [1.82, 2.24) is 5.01 Å². The number of fused-ring (bicyclic) bond motifs is 2. The molecule has 0 saturated heterocycles. The molecular formula is C33H29N3O4S. The summed E-state index contributed by atoms with van der Waals surface area (Å²) in [4.78, 5) is 30.7. The highest BCUT2D eigenvalue weighted by Crippen LogP contribution is 2.47. The number of anilines is 2. The smallest absolute Gasteiger partial charge is 0.308 e. The van der Waals surface area contributed by atoms with Gasteiger partial charge >= 0.3 is 5.97 Å². The number of esters is 1. The maximum absolute atomic E-state index is 13.4. The second kappa shape index (κ2) is 11.9. The first-order chi connectivity index (χ1) is 20.1. The van der Waals surface area contributed by atoms with Gasteiger partial charge in [-0.25, -0.2) is 5.01 Å². The van der Waals surface area contributed by atoms with E-state index in [4.69, 9.17) is 9.47 Å². The van der Waals surface area contributed by atoms with Gasteiger partial charge in [-0.15, -0.1) is 0 Å². The van der Waals surface area contributed by atoms with Crippen LogP contribution in [0.3, 0.4) is 0 Å². The van der Waals surface area contributed by atoms with Crippen LogP contribution in [0.4, 0.5) is 11.4 Å². The zero-order valence-corrected chi connectivity index (χ0v) is 23.4. The molecule has 7 nitrogen and oxygen atoms in total. The highest BCUT2D eigenvalue weighted by Gasteiger charge is 2.33. The Bertz CT molecular complexity index is 1540. The van der Waals surface area contributed by atoms with Crippen LogP contribution in [0.1, 0.15) is 30.0 Å². The molecule has 2 heterocycles. The maximum Gasteiger partial charge on any atom is 0.308 e. The van der Waals surface area contributed by atoms with E-state index in [0.717, 1.165) is 43.8 Å². The summed E-state index contributed by atoms with van der Waals surface area (Å²) < 4.78 is 10.8. The third kappa shape index (κ3) is 5.69. The Morgan fingerprint density at radius 2 is 1.49 bits per heavy atom. The highest BCUT2D eigenvalue weighted by molar-refractivity contribution is 7.99. The third-order valence-corrected chi connectivity index (χ3v) is 8.33. The molecule has 0 fully saturated rings. The van der Waals surface area contributed by atoms with E-state index in [1.807, 2.05) is 78.9 Å². The van der Waals surface area contributed by atoms with Gasteiger partial charge in [0.15, 0.2) is 6.61 Å². The molecule has 0 aliphatic carbocycles. The van der Waals surface area contributed by atoms with Crippen LogP contribution >= 0.6 is 11.8 Å². The fourth-order valence-electron chi connectivity index (χ4n) is 5.14. The van der Waals surface area contributed by atoms with Crippen LogP contribution in [-0.4, -0.2) is 42.9 Å². The van der Waals surface area contributed by atoms with Crippen molar-refractivity contribution in [2.45, 2.75) is 28.7 Å². The summed E-state index contributed by atoms with van der Waals surface area (Å²) in [6.07, 6.45) is 0.697. The number of benzene rings is 4. The standard InChI is InChI=1S/C33H29N3O4S/c1-39-25-17-15-24(16-18-25)29-21-26(23-9-3-2-4-10-23)34-36(29)32(37)22-40-33(38)19-20-35-27-11-5-7-13-30(27)41-31-14-8-6-12-28(31)35/h2-18,29H,19-22H2,1H3. The van der Waals surface area contributed by atoms with Crippen molar-refractivity contribution in [3.05, 3.63) is 114 Å². The van der Waals surface area contributed by atoms with E-state index in [-0.39, 0.29) is 25.0 Å². The average Bonchev–Trinajstić information content (AvgIpc) is 3.48. The number of methoxy groups -OCH3 is 1. The predicted octanol–water partition coefficient (Wildman–Crippen LogP) is 6.61. The minimum Gasteiger partial charge on any atom is -0.497 e. The monoisotopic (exact) mass is 563 g/mol. The van der Waals surface area contributed by atoms with Crippen molar-refractivity contribution >= 4 is 40.7 Å². The Labute approximate surface area is 243 Å². The topological polar surface area (TPSA) is 71.4 Å². The Morgan fingerprint density at radius 3 is 2.15 bits per heavy atom. The van der Waals surface area contributed by atoms with Gasteiger partial charge in [0.05, 0.1) is 36.7 Å². The van der Waals surface area contributed by atoms with E-state index in [2.05, 4.69) is 34.3 Å². The average molecular weight is 564 g/mol. The first-order valence-corrected chi connectivity index (χ1v) is 14.3. The number of carbonyl (C=O) groups excluding carboxylic acids is 2. The number of hydrogen-bond acceptors (Lipinski definition) is 7. The van der Waals surface area contributed by atoms with Crippen molar-refractivity contribution in [2.75, 3.05) is 25.2 Å². The van der Waals surface area contributed by atoms with Gasteiger partial charge in [-0.3, -0.25) is 9.59 Å². The van der Waals surface area contributed by atoms with E-state index in [0.29, 0.717) is 13.0 Å². The first-order valence-electron chi connectivity index (χ1n) is 13.5. The molecule has 0 spiro atoms. The molecule has 41 heavy (non-hydrogen) atoms. The Hall–Kier alpha value is -4.56. The minimum atomic E-state index is -0.431. The second-order valence-corrected chi connectivity index (χ2v) is 10.8. The summed E-state index contributed by atoms with van der Waals surface area (Å²) in [5, 5.41) is 6.12. The number of amides is 1. The van der Waals surface area contributed by atoms with E-state index in [1.54, 1.807) is 18.9 Å². The maximum atomic E-state index is 13.4. The molecule has 8 heteroatoms. The van der Waals surface area contributed by atoms with Crippen molar-refractivity contribution < 1.29 is 19.1 Å². The zero-order valence-electron chi connectivity index (χ0n) is 22.6. The summed E-state index contributed by atoms with van der Waals surface area (Å²) in [6.45, 7) is 0.0657. The fraction of sp³-hybridized carbons (Fsp3) is 0.182. The van der Waals surface area contributed by atoms with Crippen LogP contribution < -0.4 is 9.64 Å². The second-order valence-electron chi connectivity index (χ2n) is 9.74. The molecule has 0 aromatic heterocycles. The van der Waals surface area contributed by atoms with Crippen molar-refractivity contribution in [2.24, 2.45) is 5.10 Å². The fourth-order valence-corrected chi connectivity index (χ4v) is 6.23. The minimum absolute atomic E-state index is 0.140. The summed E-state index contributed by atoms with van der Waals surface area (Å²) >= 11 is 1.72. The molecule has 0 N–H and O–H groups in total.